The Kier molecular flexibility index (Phi) is 12.3. The fourth-order valence-corrected chi connectivity index (χ4v) is 6.37. The van der Waals surface area contributed by atoms with E-state index in [4.69, 9.17) is 9.47 Å². The number of benzene rings is 3. The van der Waals surface area contributed by atoms with Crippen LogP contribution in [0.5, 0.6) is 0 Å². The summed E-state index contributed by atoms with van der Waals surface area (Å²) in [5.74, 6) is 2.17. The summed E-state index contributed by atoms with van der Waals surface area (Å²) >= 11 is 0. The van der Waals surface area contributed by atoms with Gasteiger partial charge in [-0.05, 0) is 96.4 Å². The summed E-state index contributed by atoms with van der Waals surface area (Å²) in [6.07, 6.45) is 10.6. The molecular formula is C38H52O2. The number of fused-ring (bicyclic) bond motifs is 1. The van der Waals surface area contributed by atoms with Crippen molar-refractivity contribution in [3.63, 3.8) is 0 Å². The van der Waals surface area contributed by atoms with E-state index in [1.54, 1.807) is 11.1 Å². The van der Waals surface area contributed by atoms with Crippen molar-refractivity contribution in [2.45, 2.75) is 102 Å². The second-order valence-corrected chi connectivity index (χ2v) is 12.2. The molecule has 0 fully saturated rings. The quantitative estimate of drug-likeness (QED) is 0.149. The van der Waals surface area contributed by atoms with Crippen LogP contribution < -0.4 is 0 Å². The van der Waals surface area contributed by atoms with E-state index in [1.807, 2.05) is 7.11 Å². The number of hydrogen-bond acceptors (Lipinski definition) is 2. The molecule has 0 spiro atoms. The molecule has 0 N–H and O–H groups in total. The van der Waals surface area contributed by atoms with Crippen molar-refractivity contribution in [2.75, 3.05) is 20.3 Å². The SMILES string of the molecule is CCCCOCC(CC(CC(CC(CC(C)CC)c1ccccc1)c1ccc2c(c1)CC2)c1ccccc1)OC. The normalized spacial score (nSPS) is 16.4. The van der Waals surface area contributed by atoms with Gasteiger partial charge < -0.3 is 9.47 Å². The van der Waals surface area contributed by atoms with Crippen LogP contribution in [0.15, 0.2) is 78.9 Å². The Bertz CT molecular complexity index is 1110. The summed E-state index contributed by atoms with van der Waals surface area (Å²) in [5, 5.41) is 0. The number of unbranched alkanes of at least 4 members (excludes halogenated alkanes) is 1. The van der Waals surface area contributed by atoms with E-state index < -0.39 is 0 Å². The minimum atomic E-state index is 0.101. The van der Waals surface area contributed by atoms with Crippen molar-refractivity contribution in [1.82, 2.24) is 0 Å². The zero-order valence-corrected chi connectivity index (χ0v) is 25.5. The Morgan fingerprint density at radius 3 is 1.80 bits per heavy atom. The zero-order valence-electron chi connectivity index (χ0n) is 25.5. The van der Waals surface area contributed by atoms with Crippen LogP contribution >= 0.6 is 0 Å². The van der Waals surface area contributed by atoms with Crippen LogP contribution in [0, 0.1) is 5.92 Å². The molecule has 0 saturated carbocycles. The minimum absolute atomic E-state index is 0.101. The molecular weight excluding hydrogens is 488 g/mol. The highest BCUT2D eigenvalue weighted by molar-refractivity contribution is 5.40. The Morgan fingerprint density at radius 1 is 0.675 bits per heavy atom. The lowest BCUT2D eigenvalue weighted by Gasteiger charge is -2.32. The molecule has 5 atom stereocenters. The van der Waals surface area contributed by atoms with Crippen LogP contribution in [0.25, 0.3) is 0 Å². The average molecular weight is 541 g/mol. The second-order valence-electron chi connectivity index (χ2n) is 12.2. The topological polar surface area (TPSA) is 18.5 Å². The lowest BCUT2D eigenvalue weighted by atomic mass is 9.74. The van der Waals surface area contributed by atoms with E-state index in [0.717, 1.165) is 32.3 Å². The number of hydrogen-bond donors (Lipinski definition) is 0. The summed E-state index contributed by atoms with van der Waals surface area (Å²) in [6.45, 7) is 8.46. The van der Waals surface area contributed by atoms with Crippen LogP contribution in [-0.4, -0.2) is 26.4 Å². The Balaban J connectivity index is 1.63. The van der Waals surface area contributed by atoms with Crippen LogP contribution in [-0.2, 0) is 22.3 Å². The maximum Gasteiger partial charge on any atom is 0.0810 e. The van der Waals surface area contributed by atoms with Gasteiger partial charge in [0.15, 0.2) is 0 Å². The van der Waals surface area contributed by atoms with Gasteiger partial charge in [-0.2, -0.15) is 0 Å². The first kappa shape index (κ1) is 30.5. The van der Waals surface area contributed by atoms with Crippen molar-refractivity contribution >= 4 is 0 Å². The summed E-state index contributed by atoms with van der Waals surface area (Å²) < 4.78 is 12.0. The molecule has 0 radical (unpaired) electrons. The smallest absolute Gasteiger partial charge is 0.0810 e. The maximum absolute atomic E-state index is 6.04. The highest BCUT2D eigenvalue weighted by Crippen LogP contribution is 2.42. The third kappa shape index (κ3) is 8.79. The third-order valence-corrected chi connectivity index (χ3v) is 9.26. The number of methoxy groups -OCH3 is 1. The van der Waals surface area contributed by atoms with Crippen molar-refractivity contribution in [3.8, 4) is 0 Å². The molecule has 0 saturated heterocycles. The van der Waals surface area contributed by atoms with Crippen LogP contribution in [0.2, 0.25) is 0 Å². The Labute approximate surface area is 244 Å². The van der Waals surface area contributed by atoms with E-state index in [-0.39, 0.29) is 6.10 Å². The highest BCUT2D eigenvalue weighted by atomic mass is 16.5. The first-order chi connectivity index (χ1) is 19.6. The molecule has 5 unspecified atom stereocenters. The fourth-order valence-electron chi connectivity index (χ4n) is 6.37. The Morgan fingerprint density at radius 2 is 1.27 bits per heavy atom. The molecule has 2 heteroatoms. The second kappa shape index (κ2) is 16.1. The predicted octanol–water partition coefficient (Wildman–Crippen LogP) is 9.87. The van der Waals surface area contributed by atoms with Gasteiger partial charge >= 0.3 is 0 Å². The summed E-state index contributed by atoms with van der Waals surface area (Å²) in [6, 6.07) is 29.8. The highest BCUT2D eigenvalue weighted by Gasteiger charge is 2.28. The molecule has 0 aliphatic heterocycles. The number of rotatable bonds is 18. The van der Waals surface area contributed by atoms with Gasteiger partial charge in [0.25, 0.3) is 0 Å². The van der Waals surface area contributed by atoms with Crippen LogP contribution in [0.1, 0.15) is 111 Å². The van der Waals surface area contributed by atoms with Crippen molar-refractivity contribution < 1.29 is 9.47 Å². The van der Waals surface area contributed by atoms with E-state index in [2.05, 4.69) is 99.6 Å². The molecule has 40 heavy (non-hydrogen) atoms. The third-order valence-electron chi connectivity index (χ3n) is 9.26. The largest absolute Gasteiger partial charge is 0.379 e. The summed E-state index contributed by atoms with van der Waals surface area (Å²) in [4.78, 5) is 0. The first-order valence-corrected chi connectivity index (χ1v) is 15.9. The average Bonchev–Trinajstić information content (AvgIpc) is 2.98. The molecule has 0 aromatic heterocycles. The van der Waals surface area contributed by atoms with Crippen molar-refractivity contribution in [3.05, 3.63) is 107 Å². The lowest BCUT2D eigenvalue weighted by molar-refractivity contribution is -0.000605. The number of ether oxygens (including phenoxy) is 2. The van der Waals surface area contributed by atoms with Gasteiger partial charge in [0.1, 0.15) is 0 Å². The van der Waals surface area contributed by atoms with E-state index >= 15 is 0 Å². The standard InChI is InChI=1S/C38H52O2/c1-5-7-22-40-28-38(39-4)27-37(31-16-12-9-13-17-31)26-36(34-21-19-32-18-20-33(32)24-34)25-35(23-29(3)6-2)30-14-10-8-11-15-30/h8-17,19,21,24,29,35-38H,5-7,18,20,22-23,25-28H2,1-4H3. The molecule has 3 aromatic carbocycles. The Hall–Kier alpha value is -2.42. The van der Waals surface area contributed by atoms with E-state index in [9.17, 15) is 0 Å². The molecule has 0 bridgehead atoms. The van der Waals surface area contributed by atoms with Gasteiger partial charge in [-0.3, -0.25) is 0 Å². The van der Waals surface area contributed by atoms with Crippen molar-refractivity contribution in [1.29, 1.82) is 0 Å². The van der Waals surface area contributed by atoms with Gasteiger partial charge in [-0.1, -0.05) is 112 Å². The van der Waals surface area contributed by atoms with Gasteiger partial charge in [0.2, 0.25) is 0 Å². The molecule has 0 heterocycles. The molecule has 1 aliphatic rings. The van der Waals surface area contributed by atoms with Gasteiger partial charge in [-0.15, -0.1) is 0 Å². The van der Waals surface area contributed by atoms with Crippen LogP contribution in [0.4, 0.5) is 0 Å². The van der Waals surface area contributed by atoms with Crippen LogP contribution in [0.3, 0.4) is 0 Å². The lowest BCUT2D eigenvalue weighted by Crippen LogP contribution is -2.23. The molecule has 0 amide bonds. The summed E-state index contributed by atoms with van der Waals surface area (Å²) in [5.41, 5.74) is 7.55. The predicted molar refractivity (Wildman–Crippen MR) is 169 cm³/mol. The maximum atomic E-state index is 6.04. The van der Waals surface area contributed by atoms with Gasteiger partial charge in [0, 0.05) is 13.7 Å². The fraction of sp³-hybridized carbons (Fsp3) is 0.526. The first-order valence-electron chi connectivity index (χ1n) is 15.9. The monoisotopic (exact) mass is 540 g/mol. The molecule has 1 aliphatic carbocycles. The molecule has 216 valence electrons. The number of aryl methyl sites for hydroxylation is 2. The molecule has 3 aromatic rings. The zero-order chi connectivity index (χ0) is 28.2. The van der Waals surface area contributed by atoms with E-state index in [1.165, 1.54) is 48.8 Å². The minimum Gasteiger partial charge on any atom is -0.379 e. The van der Waals surface area contributed by atoms with Gasteiger partial charge in [0.05, 0.1) is 12.7 Å². The molecule has 2 nitrogen and oxygen atoms in total. The van der Waals surface area contributed by atoms with E-state index in [0.29, 0.717) is 30.3 Å². The van der Waals surface area contributed by atoms with Gasteiger partial charge in [-0.25, -0.2) is 0 Å². The molecule has 4 rings (SSSR count). The summed E-state index contributed by atoms with van der Waals surface area (Å²) in [7, 11) is 1.85. The van der Waals surface area contributed by atoms with Crippen molar-refractivity contribution in [2.24, 2.45) is 5.92 Å².